The first-order valence-corrected chi connectivity index (χ1v) is 5.84. The highest BCUT2D eigenvalue weighted by atomic mass is 19.1. The molecule has 1 saturated heterocycles. The van der Waals surface area contributed by atoms with Crippen LogP contribution in [0.4, 0.5) is 4.39 Å². The number of nitrogens with one attached hydrogen (secondary N) is 1. The molecular weight excluding hydrogens is 251 g/mol. The summed E-state index contributed by atoms with van der Waals surface area (Å²) in [6.45, 7) is 1.50. The van der Waals surface area contributed by atoms with Gasteiger partial charge in [-0.3, -0.25) is 24.6 Å². The lowest BCUT2D eigenvalue weighted by Gasteiger charge is -2.30. The molecule has 0 aliphatic carbocycles. The largest absolute Gasteiger partial charge is 0.294 e. The molecule has 1 aliphatic heterocycles. The molecule has 1 unspecified atom stereocenters. The van der Waals surface area contributed by atoms with E-state index in [0.29, 0.717) is 0 Å². The number of halogens is 1. The first-order valence-electron chi connectivity index (χ1n) is 5.84. The van der Waals surface area contributed by atoms with Crippen molar-refractivity contribution in [2.45, 2.75) is 13.0 Å². The molecule has 0 spiro atoms. The Hall–Kier alpha value is -2.08. The van der Waals surface area contributed by atoms with E-state index in [1.807, 2.05) is 0 Å². The van der Waals surface area contributed by atoms with Gasteiger partial charge in [-0.05, 0) is 19.1 Å². The molecule has 2 amide bonds. The molecule has 0 radical (unpaired) electrons. The molecule has 19 heavy (non-hydrogen) atoms. The molecule has 0 aromatic heterocycles. The second kappa shape index (κ2) is 5.27. The van der Waals surface area contributed by atoms with Crippen LogP contribution in [0.15, 0.2) is 24.3 Å². The van der Waals surface area contributed by atoms with Gasteiger partial charge in [-0.25, -0.2) is 4.39 Å². The van der Waals surface area contributed by atoms with Crippen molar-refractivity contribution < 1.29 is 18.8 Å². The Labute approximate surface area is 109 Å². The number of rotatable bonds is 3. The Morgan fingerprint density at radius 2 is 2.21 bits per heavy atom. The van der Waals surface area contributed by atoms with Crippen molar-refractivity contribution in [1.29, 1.82) is 0 Å². The Kier molecular flexibility index (Phi) is 3.71. The van der Waals surface area contributed by atoms with Crippen molar-refractivity contribution in [2.24, 2.45) is 0 Å². The van der Waals surface area contributed by atoms with Gasteiger partial charge in [0.15, 0.2) is 5.78 Å². The quantitative estimate of drug-likeness (QED) is 0.632. The summed E-state index contributed by atoms with van der Waals surface area (Å²) in [7, 11) is 0. The number of imide groups is 1. The zero-order valence-corrected chi connectivity index (χ0v) is 10.4. The number of hydrogen-bond donors (Lipinski definition) is 1. The molecule has 1 aromatic rings. The molecular formula is C13H13FN2O3. The van der Waals surface area contributed by atoms with E-state index >= 15 is 0 Å². The van der Waals surface area contributed by atoms with Gasteiger partial charge < -0.3 is 0 Å². The van der Waals surface area contributed by atoms with E-state index in [1.165, 1.54) is 23.1 Å². The maximum atomic E-state index is 13.0. The molecule has 6 heteroatoms. The average molecular weight is 264 g/mol. The van der Waals surface area contributed by atoms with Gasteiger partial charge in [0.25, 0.3) is 0 Å². The van der Waals surface area contributed by atoms with Gasteiger partial charge in [0, 0.05) is 5.56 Å². The molecule has 1 atom stereocenters. The van der Waals surface area contributed by atoms with Crippen LogP contribution in [0.25, 0.3) is 0 Å². The Bertz CT molecular complexity index is 544. The van der Waals surface area contributed by atoms with Gasteiger partial charge in [0.1, 0.15) is 5.82 Å². The van der Waals surface area contributed by atoms with Crippen molar-refractivity contribution in [2.75, 3.05) is 13.1 Å². The lowest BCUT2D eigenvalue weighted by Crippen LogP contribution is -2.57. The van der Waals surface area contributed by atoms with Crippen LogP contribution in [0.5, 0.6) is 0 Å². The predicted octanol–water partition coefficient (Wildman–Crippen LogP) is 0.355. The monoisotopic (exact) mass is 264 g/mol. The van der Waals surface area contributed by atoms with Crippen molar-refractivity contribution in [3.8, 4) is 0 Å². The Morgan fingerprint density at radius 1 is 1.47 bits per heavy atom. The summed E-state index contributed by atoms with van der Waals surface area (Å²) in [4.78, 5) is 36.1. The smallest absolute Gasteiger partial charge is 0.243 e. The number of Topliss-reactive ketones (excluding diaryl/α,β-unsaturated/α-hetero) is 1. The average Bonchev–Trinajstić information content (AvgIpc) is 2.35. The van der Waals surface area contributed by atoms with Crippen molar-refractivity contribution >= 4 is 17.6 Å². The molecule has 100 valence electrons. The molecule has 5 nitrogen and oxygen atoms in total. The van der Waals surface area contributed by atoms with E-state index in [2.05, 4.69) is 5.32 Å². The van der Waals surface area contributed by atoms with Crippen LogP contribution in [0.3, 0.4) is 0 Å². The molecule has 1 fully saturated rings. The number of piperazine rings is 1. The fourth-order valence-electron chi connectivity index (χ4n) is 1.90. The second-order valence-electron chi connectivity index (χ2n) is 4.43. The molecule has 1 aromatic carbocycles. The lowest BCUT2D eigenvalue weighted by molar-refractivity contribution is -0.139. The molecule has 2 rings (SSSR count). The molecule has 1 heterocycles. The summed E-state index contributed by atoms with van der Waals surface area (Å²) < 4.78 is 13.0. The Morgan fingerprint density at radius 3 is 2.89 bits per heavy atom. The number of nitrogens with zero attached hydrogens (tertiary/aromatic N) is 1. The number of amides is 2. The highest BCUT2D eigenvalue weighted by molar-refractivity contribution is 6.03. The van der Waals surface area contributed by atoms with E-state index in [1.54, 1.807) is 6.92 Å². The third-order valence-corrected chi connectivity index (χ3v) is 3.03. The van der Waals surface area contributed by atoms with Crippen LogP contribution >= 0.6 is 0 Å². The van der Waals surface area contributed by atoms with Crippen LogP contribution in [0.2, 0.25) is 0 Å². The topological polar surface area (TPSA) is 66.5 Å². The van der Waals surface area contributed by atoms with E-state index in [0.717, 1.165) is 6.07 Å². The molecule has 0 bridgehead atoms. The first kappa shape index (κ1) is 13.4. The van der Waals surface area contributed by atoms with Crippen LogP contribution in [-0.4, -0.2) is 41.6 Å². The van der Waals surface area contributed by atoms with Crippen molar-refractivity contribution in [1.82, 2.24) is 10.2 Å². The third-order valence-electron chi connectivity index (χ3n) is 3.03. The highest BCUT2D eigenvalue weighted by Crippen LogP contribution is 2.09. The molecule has 0 saturated carbocycles. The van der Waals surface area contributed by atoms with Gasteiger partial charge in [0.05, 0.1) is 19.1 Å². The lowest BCUT2D eigenvalue weighted by atomic mass is 10.1. The zero-order chi connectivity index (χ0) is 14.0. The van der Waals surface area contributed by atoms with Crippen molar-refractivity contribution in [3.63, 3.8) is 0 Å². The summed E-state index contributed by atoms with van der Waals surface area (Å²) in [5.74, 6) is -1.68. The zero-order valence-electron chi connectivity index (χ0n) is 10.4. The van der Waals surface area contributed by atoms with Gasteiger partial charge >= 0.3 is 0 Å². The van der Waals surface area contributed by atoms with E-state index < -0.39 is 23.7 Å². The van der Waals surface area contributed by atoms with E-state index in [9.17, 15) is 18.8 Å². The maximum absolute atomic E-state index is 13.0. The predicted molar refractivity (Wildman–Crippen MR) is 64.9 cm³/mol. The number of ketones is 1. The van der Waals surface area contributed by atoms with Gasteiger partial charge in [-0.1, -0.05) is 12.1 Å². The standard InChI is InChI=1S/C13H13FN2O3/c1-8-13(19)15-12(18)7-16(8)6-11(17)9-3-2-4-10(14)5-9/h2-5,8H,6-7H2,1H3,(H,15,18,19). The van der Waals surface area contributed by atoms with Gasteiger partial charge in [-0.15, -0.1) is 0 Å². The maximum Gasteiger partial charge on any atom is 0.243 e. The van der Waals surface area contributed by atoms with Crippen LogP contribution in [0, 0.1) is 5.82 Å². The van der Waals surface area contributed by atoms with Crippen LogP contribution < -0.4 is 5.32 Å². The summed E-state index contributed by atoms with van der Waals surface area (Å²) in [5.41, 5.74) is 0.227. The SMILES string of the molecule is CC1C(=O)NC(=O)CN1CC(=O)c1cccc(F)c1. The number of carbonyl (C=O) groups is 3. The van der Waals surface area contributed by atoms with E-state index in [4.69, 9.17) is 0 Å². The summed E-state index contributed by atoms with van der Waals surface area (Å²) >= 11 is 0. The molecule has 1 aliphatic rings. The normalized spacial score (nSPS) is 20.2. The highest BCUT2D eigenvalue weighted by Gasteiger charge is 2.31. The first-order chi connectivity index (χ1) is 8.97. The minimum Gasteiger partial charge on any atom is -0.294 e. The fourth-order valence-corrected chi connectivity index (χ4v) is 1.90. The van der Waals surface area contributed by atoms with Gasteiger partial charge in [-0.2, -0.15) is 0 Å². The fraction of sp³-hybridized carbons (Fsp3) is 0.308. The number of hydrogen-bond acceptors (Lipinski definition) is 4. The number of carbonyl (C=O) groups excluding carboxylic acids is 3. The van der Waals surface area contributed by atoms with Crippen LogP contribution in [-0.2, 0) is 9.59 Å². The Balaban J connectivity index is 2.10. The van der Waals surface area contributed by atoms with E-state index in [-0.39, 0.29) is 24.4 Å². The van der Waals surface area contributed by atoms with Gasteiger partial charge in [0.2, 0.25) is 11.8 Å². The summed E-state index contributed by atoms with van der Waals surface area (Å²) in [5, 5.41) is 2.19. The minimum atomic E-state index is -0.560. The summed E-state index contributed by atoms with van der Waals surface area (Å²) in [6, 6.07) is 4.77. The van der Waals surface area contributed by atoms with Crippen LogP contribution in [0.1, 0.15) is 17.3 Å². The van der Waals surface area contributed by atoms with Crippen molar-refractivity contribution in [3.05, 3.63) is 35.6 Å². The minimum absolute atomic E-state index is 0.0199. The summed E-state index contributed by atoms with van der Waals surface area (Å²) in [6.07, 6.45) is 0. The number of benzene rings is 1. The second-order valence-corrected chi connectivity index (χ2v) is 4.43. The third kappa shape index (κ3) is 3.03. The molecule has 1 N–H and O–H groups in total.